The van der Waals surface area contributed by atoms with Gasteiger partial charge in [-0.05, 0) is 60.5 Å². The first-order valence-electron chi connectivity index (χ1n) is 6.78. The highest BCUT2D eigenvalue weighted by atomic mass is 16.6. The van der Waals surface area contributed by atoms with E-state index in [1.165, 1.54) is 0 Å². The van der Waals surface area contributed by atoms with Gasteiger partial charge in [-0.1, -0.05) is 0 Å². The lowest BCUT2D eigenvalue weighted by molar-refractivity contribution is -0.169. The summed E-state index contributed by atoms with van der Waals surface area (Å²) in [5.74, 6) is -0.766. The molecular weight excluding hydrogens is 230 g/mol. The van der Waals surface area contributed by atoms with Crippen LogP contribution >= 0.6 is 0 Å². The average molecular weight is 257 g/mol. The van der Waals surface area contributed by atoms with Crippen molar-refractivity contribution in [3.05, 3.63) is 0 Å². The predicted molar refractivity (Wildman–Crippen MR) is 71.3 cm³/mol. The second kappa shape index (κ2) is 5.57. The molecule has 0 aliphatic carbocycles. The van der Waals surface area contributed by atoms with Crippen molar-refractivity contribution in [3.8, 4) is 0 Å². The normalized spacial score (nSPS) is 28.6. The largest absolute Gasteiger partial charge is 0.460 e. The van der Waals surface area contributed by atoms with Crippen LogP contribution in [0.15, 0.2) is 0 Å². The molecule has 4 nitrogen and oxygen atoms in total. The maximum Gasteiger partial charge on any atom is 0.312 e. The van der Waals surface area contributed by atoms with E-state index in [1.807, 2.05) is 27.8 Å². The fraction of sp³-hybridized carbons (Fsp3) is 0.929. The second-order valence-corrected chi connectivity index (χ2v) is 6.52. The Morgan fingerprint density at radius 1 is 1.33 bits per heavy atom. The molecule has 0 aromatic carbocycles. The molecule has 2 unspecified atom stereocenters. The number of rotatable bonds is 2. The zero-order valence-corrected chi connectivity index (χ0v) is 12.3. The summed E-state index contributed by atoms with van der Waals surface area (Å²) in [5.41, 5.74) is -1.42. The molecule has 0 aromatic rings. The Kier molecular flexibility index (Phi) is 4.78. The summed E-state index contributed by atoms with van der Waals surface area (Å²) >= 11 is 0. The molecule has 0 aromatic heterocycles. The van der Waals surface area contributed by atoms with Crippen molar-refractivity contribution in [2.45, 2.75) is 58.2 Å². The van der Waals surface area contributed by atoms with Crippen molar-refractivity contribution < 1.29 is 14.6 Å². The van der Waals surface area contributed by atoms with Crippen LogP contribution in [0.25, 0.3) is 0 Å². The number of likely N-dealkylation sites (tertiary alicyclic amines) is 1. The Labute approximate surface area is 110 Å². The first-order chi connectivity index (χ1) is 8.14. The summed E-state index contributed by atoms with van der Waals surface area (Å²) in [6.07, 6.45) is 2.21. The van der Waals surface area contributed by atoms with Gasteiger partial charge < -0.3 is 14.7 Å². The van der Waals surface area contributed by atoms with Gasteiger partial charge in [0.2, 0.25) is 0 Å². The number of hydrogen-bond acceptors (Lipinski definition) is 4. The maximum atomic E-state index is 12.1. The zero-order chi connectivity index (χ0) is 14.0. The topological polar surface area (TPSA) is 49.8 Å². The van der Waals surface area contributed by atoms with Crippen LogP contribution in [0.2, 0.25) is 0 Å². The highest BCUT2D eigenvalue weighted by Crippen LogP contribution is 2.31. The Hall–Kier alpha value is -0.610. The van der Waals surface area contributed by atoms with E-state index in [1.54, 1.807) is 6.92 Å². The smallest absolute Gasteiger partial charge is 0.312 e. The van der Waals surface area contributed by atoms with E-state index in [4.69, 9.17) is 4.74 Å². The summed E-state index contributed by atoms with van der Waals surface area (Å²) in [6.45, 7) is 9.12. The zero-order valence-electron chi connectivity index (χ0n) is 12.3. The average Bonchev–Trinajstić information content (AvgIpc) is 2.38. The van der Waals surface area contributed by atoms with Gasteiger partial charge in [0.15, 0.2) is 0 Å². The highest BCUT2D eigenvalue weighted by molar-refractivity contribution is 5.73. The van der Waals surface area contributed by atoms with Crippen molar-refractivity contribution in [1.82, 2.24) is 4.90 Å². The second-order valence-electron chi connectivity index (χ2n) is 6.52. The minimum absolute atomic E-state index is 0.297. The van der Waals surface area contributed by atoms with Gasteiger partial charge in [-0.3, -0.25) is 4.79 Å². The molecule has 2 atom stereocenters. The fourth-order valence-electron chi connectivity index (χ4n) is 2.32. The lowest BCUT2D eigenvalue weighted by atomic mass is 9.82. The van der Waals surface area contributed by atoms with Gasteiger partial charge in [0.1, 0.15) is 5.60 Å². The lowest BCUT2D eigenvalue weighted by Crippen LogP contribution is -2.44. The molecule has 1 aliphatic rings. The van der Waals surface area contributed by atoms with Crippen LogP contribution in [0.5, 0.6) is 0 Å². The SMILES string of the molecule is CC(C(=O)OC(C)(C)C)C1(O)CCCN(C)CC1. The molecule has 1 fully saturated rings. The number of aliphatic hydroxyl groups is 1. The van der Waals surface area contributed by atoms with E-state index in [9.17, 15) is 9.90 Å². The number of carbonyl (C=O) groups is 1. The van der Waals surface area contributed by atoms with Crippen molar-refractivity contribution >= 4 is 5.97 Å². The highest BCUT2D eigenvalue weighted by Gasteiger charge is 2.40. The van der Waals surface area contributed by atoms with Crippen LogP contribution in [-0.4, -0.2) is 47.3 Å². The third-order valence-electron chi connectivity index (χ3n) is 3.64. The summed E-state index contributed by atoms with van der Waals surface area (Å²) in [5, 5.41) is 10.7. The molecule has 4 heteroatoms. The van der Waals surface area contributed by atoms with E-state index in [0.29, 0.717) is 12.8 Å². The summed E-state index contributed by atoms with van der Waals surface area (Å²) in [4.78, 5) is 14.3. The van der Waals surface area contributed by atoms with Gasteiger partial charge in [-0.15, -0.1) is 0 Å². The third kappa shape index (κ3) is 4.25. The van der Waals surface area contributed by atoms with Gasteiger partial charge in [0, 0.05) is 6.54 Å². The number of esters is 1. The molecule has 1 N–H and O–H groups in total. The molecule has 1 saturated heterocycles. The molecule has 106 valence electrons. The van der Waals surface area contributed by atoms with E-state index in [0.717, 1.165) is 19.5 Å². The molecule has 1 heterocycles. The number of carbonyl (C=O) groups excluding carboxylic acids is 1. The summed E-state index contributed by atoms with van der Waals surface area (Å²) in [7, 11) is 2.05. The van der Waals surface area contributed by atoms with Crippen LogP contribution < -0.4 is 0 Å². The summed E-state index contributed by atoms with van der Waals surface area (Å²) in [6, 6.07) is 0. The number of nitrogens with zero attached hydrogens (tertiary/aromatic N) is 1. The molecule has 1 aliphatic heterocycles. The monoisotopic (exact) mass is 257 g/mol. The van der Waals surface area contributed by atoms with Gasteiger partial charge in [-0.2, -0.15) is 0 Å². The van der Waals surface area contributed by atoms with E-state index >= 15 is 0 Å². The van der Waals surface area contributed by atoms with E-state index in [2.05, 4.69) is 4.90 Å². The molecule has 0 radical (unpaired) electrons. The van der Waals surface area contributed by atoms with E-state index < -0.39 is 17.1 Å². The molecule has 0 bridgehead atoms. The Balaban J connectivity index is 2.68. The van der Waals surface area contributed by atoms with Crippen LogP contribution in [0, 0.1) is 5.92 Å². The van der Waals surface area contributed by atoms with Crippen molar-refractivity contribution in [2.24, 2.45) is 5.92 Å². The minimum Gasteiger partial charge on any atom is -0.460 e. The Morgan fingerprint density at radius 2 is 1.94 bits per heavy atom. The maximum absolute atomic E-state index is 12.1. The summed E-state index contributed by atoms with van der Waals surface area (Å²) < 4.78 is 5.37. The minimum atomic E-state index is -0.924. The molecule has 1 rings (SSSR count). The Morgan fingerprint density at radius 3 is 2.50 bits per heavy atom. The van der Waals surface area contributed by atoms with Crippen LogP contribution in [0.1, 0.15) is 47.0 Å². The van der Waals surface area contributed by atoms with Crippen molar-refractivity contribution in [3.63, 3.8) is 0 Å². The van der Waals surface area contributed by atoms with Crippen LogP contribution in [0.4, 0.5) is 0 Å². The number of hydrogen-bond donors (Lipinski definition) is 1. The van der Waals surface area contributed by atoms with Gasteiger partial charge >= 0.3 is 5.97 Å². The van der Waals surface area contributed by atoms with Gasteiger partial charge in [-0.25, -0.2) is 0 Å². The van der Waals surface area contributed by atoms with Crippen molar-refractivity contribution in [1.29, 1.82) is 0 Å². The van der Waals surface area contributed by atoms with E-state index in [-0.39, 0.29) is 5.97 Å². The predicted octanol–water partition coefficient (Wildman–Crippen LogP) is 1.81. The molecular formula is C14H27NO3. The lowest BCUT2D eigenvalue weighted by Gasteiger charge is -2.33. The van der Waals surface area contributed by atoms with Gasteiger partial charge in [0.25, 0.3) is 0 Å². The van der Waals surface area contributed by atoms with Gasteiger partial charge in [0.05, 0.1) is 11.5 Å². The van der Waals surface area contributed by atoms with Crippen molar-refractivity contribution in [2.75, 3.05) is 20.1 Å². The molecule has 0 amide bonds. The third-order valence-corrected chi connectivity index (χ3v) is 3.64. The fourth-order valence-corrected chi connectivity index (χ4v) is 2.32. The first-order valence-corrected chi connectivity index (χ1v) is 6.78. The quantitative estimate of drug-likeness (QED) is 0.767. The van der Waals surface area contributed by atoms with Crippen LogP contribution in [-0.2, 0) is 9.53 Å². The Bertz CT molecular complexity index is 298. The molecule has 0 saturated carbocycles. The first kappa shape index (κ1) is 15.4. The number of ether oxygens (including phenoxy) is 1. The molecule has 18 heavy (non-hydrogen) atoms. The molecule has 0 spiro atoms. The standard InChI is InChI=1S/C14H27NO3/c1-11(12(16)18-13(2,3)4)14(17)7-6-9-15(5)10-8-14/h11,17H,6-10H2,1-5H3. The van der Waals surface area contributed by atoms with Crippen LogP contribution in [0.3, 0.4) is 0 Å².